The number of para-hydroxylation sites is 1. The summed E-state index contributed by atoms with van der Waals surface area (Å²) in [6, 6.07) is 22.0. The van der Waals surface area contributed by atoms with Crippen LogP contribution in [0.2, 0.25) is 0 Å². The number of nitrogens with one attached hydrogen (secondary N) is 1. The maximum Gasteiger partial charge on any atom is 0.188 e. The van der Waals surface area contributed by atoms with Crippen LogP contribution in [-0.2, 0) is 0 Å². The van der Waals surface area contributed by atoms with E-state index in [4.69, 9.17) is 9.72 Å². The molecule has 0 saturated heterocycles. The second-order valence-electron chi connectivity index (χ2n) is 5.65. The van der Waals surface area contributed by atoms with Crippen LogP contribution >= 0.6 is 11.3 Å². The van der Waals surface area contributed by atoms with Gasteiger partial charge >= 0.3 is 0 Å². The van der Waals surface area contributed by atoms with Gasteiger partial charge in [-0.05, 0) is 54.1 Å². The van der Waals surface area contributed by atoms with Crippen LogP contribution in [0.25, 0.3) is 21.7 Å². The van der Waals surface area contributed by atoms with E-state index in [1.165, 1.54) is 0 Å². The second kappa shape index (κ2) is 7.37. The summed E-state index contributed by atoms with van der Waals surface area (Å²) in [6.07, 6.45) is 3.61. The van der Waals surface area contributed by atoms with Crippen molar-refractivity contribution in [2.75, 3.05) is 12.4 Å². The van der Waals surface area contributed by atoms with Gasteiger partial charge in [-0.25, -0.2) is 4.98 Å². The normalized spacial score (nSPS) is 10.5. The lowest BCUT2D eigenvalue weighted by Crippen LogP contribution is -1.89. The van der Waals surface area contributed by atoms with Crippen LogP contribution in [0.3, 0.4) is 0 Å². The first kappa shape index (κ1) is 16.3. The quantitative estimate of drug-likeness (QED) is 0.502. The highest BCUT2D eigenvalue weighted by Crippen LogP contribution is 2.40. The molecule has 4 rings (SSSR count). The topological polar surface area (TPSA) is 47.0 Å². The summed E-state index contributed by atoms with van der Waals surface area (Å²) in [5, 5.41) is 4.25. The Morgan fingerprint density at radius 2 is 1.58 bits per heavy atom. The molecular weight excluding hydrogens is 342 g/mol. The number of pyridine rings is 1. The van der Waals surface area contributed by atoms with Gasteiger partial charge in [0.1, 0.15) is 5.75 Å². The molecule has 0 spiro atoms. The molecule has 0 amide bonds. The van der Waals surface area contributed by atoms with Gasteiger partial charge in [0.05, 0.1) is 17.7 Å². The summed E-state index contributed by atoms with van der Waals surface area (Å²) in [4.78, 5) is 10.1. The van der Waals surface area contributed by atoms with E-state index in [0.29, 0.717) is 0 Å². The minimum atomic E-state index is 0.831. The number of methoxy groups -OCH3 is 1. The molecule has 2 aromatic carbocycles. The largest absolute Gasteiger partial charge is 0.497 e. The van der Waals surface area contributed by atoms with Gasteiger partial charge in [0.25, 0.3) is 0 Å². The SMILES string of the molecule is COc1ccc(-c2nc(Nc3ccccc3)sc2-c2ccncc2)cc1. The van der Waals surface area contributed by atoms with Crippen LogP contribution in [0, 0.1) is 0 Å². The van der Waals surface area contributed by atoms with Gasteiger partial charge in [-0.3, -0.25) is 4.98 Å². The Morgan fingerprint density at radius 1 is 0.846 bits per heavy atom. The van der Waals surface area contributed by atoms with E-state index < -0.39 is 0 Å². The molecule has 0 saturated carbocycles. The highest BCUT2D eigenvalue weighted by Gasteiger charge is 2.15. The Hall–Kier alpha value is -3.18. The lowest BCUT2D eigenvalue weighted by atomic mass is 10.1. The van der Waals surface area contributed by atoms with Crippen LogP contribution in [0.5, 0.6) is 5.75 Å². The molecule has 1 N–H and O–H groups in total. The van der Waals surface area contributed by atoms with E-state index in [1.807, 2.05) is 66.7 Å². The predicted octanol–water partition coefficient (Wildman–Crippen LogP) is 5.62. The van der Waals surface area contributed by atoms with Crippen molar-refractivity contribution < 1.29 is 4.74 Å². The molecule has 4 aromatic rings. The van der Waals surface area contributed by atoms with Gasteiger partial charge in [-0.15, -0.1) is 0 Å². The summed E-state index contributed by atoms with van der Waals surface area (Å²) >= 11 is 1.63. The summed E-state index contributed by atoms with van der Waals surface area (Å²) < 4.78 is 5.27. The van der Waals surface area contributed by atoms with Gasteiger partial charge in [-0.2, -0.15) is 0 Å². The molecule has 4 nitrogen and oxygen atoms in total. The Labute approximate surface area is 156 Å². The number of hydrogen-bond donors (Lipinski definition) is 1. The molecule has 0 unspecified atom stereocenters. The van der Waals surface area contributed by atoms with E-state index in [0.717, 1.165) is 38.3 Å². The minimum absolute atomic E-state index is 0.831. The number of anilines is 2. The zero-order valence-corrected chi connectivity index (χ0v) is 15.0. The highest BCUT2D eigenvalue weighted by atomic mass is 32.1. The molecule has 0 aliphatic rings. The molecule has 26 heavy (non-hydrogen) atoms. The first-order valence-corrected chi connectivity index (χ1v) is 9.03. The molecule has 5 heteroatoms. The van der Waals surface area contributed by atoms with Crippen LogP contribution in [-0.4, -0.2) is 17.1 Å². The second-order valence-corrected chi connectivity index (χ2v) is 6.65. The third-order valence-electron chi connectivity index (χ3n) is 3.96. The van der Waals surface area contributed by atoms with Gasteiger partial charge in [-0.1, -0.05) is 29.5 Å². The van der Waals surface area contributed by atoms with E-state index in [9.17, 15) is 0 Å². The molecule has 0 bridgehead atoms. The van der Waals surface area contributed by atoms with Crippen molar-refractivity contribution in [1.82, 2.24) is 9.97 Å². The number of rotatable bonds is 5. The Kier molecular flexibility index (Phi) is 4.62. The Morgan fingerprint density at radius 3 is 2.27 bits per heavy atom. The summed E-state index contributed by atoms with van der Waals surface area (Å²) in [5.74, 6) is 0.831. The van der Waals surface area contributed by atoms with E-state index in [1.54, 1.807) is 30.8 Å². The first-order chi connectivity index (χ1) is 12.8. The number of thiazole rings is 1. The smallest absolute Gasteiger partial charge is 0.188 e. The maximum absolute atomic E-state index is 5.27. The third-order valence-corrected chi connectivity index (χ3v) is 4.98. The molecule has 0 atom stereocenters. The van der Waals surface area contributed by atoms with Crippen LogP contribution in [0.4, 0.5) is 10.8 Å². The van der Waals surface area contributed by atoms with Crippen LogP contribution in [0.15, 0.2) is 79.1 Å². The summed E-state index contributed by atoms with van der Waals surface area (Å²) in [5.41, 5.74) is 4.12. The number of aromatic nitrogens is 2. The molecule has 0 fully saturated rings. The maximum atomic E-state index is 5.27. The van der Waals surface area contributed by atoms with Crippen molar-refractivity contribution in [1.29, 1.82) is 0 Å². The minimum Gasteiger partial charge on any atom is -0.497 e. The average Bonchev–Trinajstić information content (AvgIpc) is 3.13. The Balaban J connectivity index is 1.77. The third kappa shape index (κ3) is 3.43. The molecule has 2 aromatic heterocycles. The number of benzene rings is 2. The van der Waals surface area contributed by atoms with E-state index in [2.05, 4.69) is 10.3 Å². The molecular formula is C21H17N3OS. The van der Waals surface area contributed by atoms with E-state index in [-0.39, 0.29) is 0 Å². The fourth-order valence-corrected chi connectivity index (χ4v) is 3.68. The first-order valence-electron chi connectivity index (χ1n) is 8.21. The van der Waals surface area contributed by atoms with Crippen molar-refractivity contribution in [3.05, 3.63) is 79.1 Å². The number of ether oxygens (including phenoxy) is 1. The van der Waals surface area contributed by atoms with Crippen molar-refractivity contribution in [2.45, 2.75) is 0 Å². The van der Waals surface area contributed by atoms with Gasteiger partial charge in [0.15, 0.2) is 5.13 Å². The van der Waals surface area contributed by atoms with Crippen molar-refractivity contribution in [3.63, 3.8) is 0 Å². The number of nitrogens with zero attached hydrogens (tertiary/aromatic N) is 2. The van der Waals surface area contributed by atoms with Gasteiger partial charge in [0.2, 0.25) is 0 Å². The molecule has 0 aliphatic heterocycles. The number of hydrogen-bond acceptors (Lipinski definition) is 5. The lowest BCUT2D eigenvalue weighted by molar-refractivity contribution is 0.415. The van der Waals surface area contributed by atoms with Gasteiger partial charge in [0, 0.05) is 23.6 Å². The van der Waals surface area contributed by atoms with Crippen molar-refractivity contribution in [2.24, 2.45) is 0 Å². The van der Waals surface area contributed by atoms with E-state index >= 15 is 0 Å². The predicted molar refractivity (Wildman–Crippen MR) is 107 cm³/mol. The fraction of sp³-hybridized carbons (Fsp3) is 0.0476. The fourth-order valence-electron chi connectivity index (χ4n) is 2.66. The van der Waals surface area contributed by atoms with Crippen molar-refractivity contribution in [3.8, 4) is 27.4 Å². The van der Waals surface area contributed by atoms with Gasteiger partial charge < -0.3 is 10.1 Å². The average molecular weight is 359 g/mol. The zero-order chi connectivity index (χ0) is 17.8. The monoisotopic (exact) mass is 359 g/mol. The molecule has 0 aliphatic carbocycles. The molecule has 128 valence electrons. The zero-order valence-electron chi connectivity index (χ0n) is 14.2. The summed E-state index contributed by atoms with van der Waals surface area (Å²) in [6.45, 7) is 0. The summed E-state index contributed by atoms with van der Waals surface area (Å²) in [7, 11) is 1.67. The molecule has 2 heterocycles. The molecule has 0 radical (unpaired) electrons. The standard InChI is InChI=1S/C21H17N3OS/c1-25-18-9-7-15(8-10-18)19-20(16-11-13-22-14-12-16)26-21(24-19)23-17-5-3-2-4-6-17/h2-14H,1H3,(H,23,24). The lowest BCUT2D eigenvalue weighted by Gasteiger charge is -2.04. The Bertz CT molecular complexity index is 983. The van der Waals surface area contributed by atoms with Crippen LogP contribution < -0.4 is 10.1 Å². The van der Waals surface area contributed by atoms with Crippen molar-refractivity contribution >= 4 is 22.2 Å². The van der Waals surface area contributed by atoms with Crippen LogP contribution in [0.1, 0.15) is 0 Å². The highest BCUT2D eigenvalue weighted by molar-refractivity contribution is 7.19.